The molecule has 0 radical (unpaired) electrons. The number of rotatable bonds is 3. The van der Waals surface area contributed by atoms with Gasteiger partial charge in [-0.25, -0.2) is 0 Å². The summed E-state index contributed by atoms with van der Waals surface area (Å²) in [6.45, 7) is 0.769. The Balaban J connectivity index is 1.72. The van der Waals surface area contributed by atoms with Gasteiger partial charge >= 0.3 is 0 Å². The van der Waals surface area contributed by atoms with Crippen LogP contribution in [0.2, 0.25) is 5.02 Å². The highest BCUT2D eigenvalue weighted by atomic mass is 35.5. The van der Waals surface area contributed by atoms with Crippen LogP contribution in [0.1, 0.15) is 29.2 Å². The van der Waals surface area contributed by atoms with Crippen LogP contribution < -0.4 is 5.32 Å². The van der Waals surface area contributed by atoms with Crippen LogP contribution in [0, 0.1) is 0 Å². The molecule has 0 aromatic heterocycles. The maximum absolute atomic E-state index is 9.49. The largest absolute Gasteiger partial charge is 0.508 e. The first-order valence-corrected chi connectivity index (χ1v) is 6.90. The van der Waals surface area contributed by atoms with E-state index in [1.165, 1.54) is 11.1 Å². The number of hydrogen-bond donors (Lipinski definition) is 2. The molecule has 2 aromatic rings. The second-order valence-corrected chi connectivity index (χ2v) is 5.35. The van der Waals surface area contributed by atoms with E-state index in [-0.39, 0.29) is 0 Å². The quantitative estimate of drug-likeness (QED) is 0.891. The minimum Gasteiger partial charge on any atom is -0.508 e. The fourth-order valence-electron chi connectivity index (χ4n) is 2.69. The second-order valence-electron chi connectivity index (χ2n) is 4.95. The van der Waals surface area contributed by atoms with Crippen LogP contribution in [0.25, 0.3) is 0 Å². The summed E-state index contributed by atoms with van der Waals surface area (Å²) in [4.78, 5) is 0. The molecule has 2 N–H and O–H groups in total. The van der Waals surface area contributed by atoms with Crippen molar-refractivity contribution in [2.24, 2.45) is 0 Å². The molecule has 3 heteroatoms. The first-order valence-electron chi connectivity index (χ1n) is 6.52. The summed E-state index contributed by atoms with van der Waals surface area (Å²) in [5.74, 6) is 0.352. The average Bonchev–Trinajstić information content (AvgIpc) is 2.80. The molecule has 98 valence electrons. The molecular weight excluding hydrogens is 258 g/mol. The van der Waals surface area contributed by atoms with Crippen molar-refractivity contribution in [2.45, 2.75) is 25.4 Å². The van der Waals surface area contributed by atoms with Gasteiger partial charge in [-0.2, -0.15) is 0 Å². The Morgan fingerprint density at radius 2 is 2.05 bits per heavy atom. The molecule has 19 heavy (non-hydrogen) atoms. The van der Waals surface area contributed by atoms with Gasteiger partial charge in [0.05, 0.1) is 0 Å². The predicted octanol–water partition coefficient (Wildman–Crippen LogP) is 3.82. The molecule has 0 aliphatic heterocycles. The lowest BCUT2D eigenvalue weighted by Crippen LogP contribution is -2.18. The summed E-state index contributed by atoms with van der Waals surface area (Å²) < 4.78 is 0. The number of halogens is 1. The van der Waals surface area contributed by atoms with Crippen molar-refractivity contribution in [1.29, 1.82) is 0 Å². The van der Waals surface area contributed by atoms with Crippen molar-refractivity contribution in [2.75, 3.05) is 0 Å². The van der Waals surface area contributed by atoms with Gasteiger partial charge in [-0.15, -0.1) is 0 Å². The molecule has 1 aliphatic rings. The summed E-state index contributed by atoms with van der Waals surface area (Å²) in [5, 5.41) is 13.8. The number of aromatic hydroxyl groups is 1. The minimum atomic E-state index is 0.352. The summed E-state index contributed by atoms with van der Waals surface area (Å²) in [6.07, 6.45) is 2.09. The van der Waals surface area contributed by atoms with E-state index in [0.717, 1.165) is 30.0 Å². The van der Waals surface area contributed by atoms with E-state index in [1.807, 2.05) is 36.4 Å². The van der Waals surface area contributed by atoms with Crippen molar-refractivity contribution < 1.29 is 5.11 Å². The third-order valence-corrected chi connectivity index (χ3v) is 4.07. The fourth-order valence-corrected chi connectivity index (χ4v) is 2.89. The molecule has 0 spiro atoms. The normalized spacial score (nSPS) is 17.4. The second kappa shape index (κ2) is 5.24. The third kappa shape index (κ3) is 2.60. The van der Waals surface area contributed by atoms with Crippen molar-refractivity contribution in [3.63, 3.8) is 0 Å². The van der Waals surface area contributed by atoms with E-state index < -0.39 is 0 Å². The molecule has 1 atom stereocenters. The van der Waals surface area contributed by atoms with Gasteiger partial charge in [0.25, 0.3) is 0 Å². The summed E-state index contributed by atoms with van der Waals surface area (Å²) in [6, 6.07) is 13.9. The third-order valence-electron chi connectivity index (χ3n) is 3.70. The predicted molar refractivity (Wildman–Crippen MR) is 77.5 cm³/mol. The van der Waals surface area contributed by atoms with Crippen LogP contribution in [0.15, 0.2) is 42.5 Å². The molecule has 0 bridgehead atoms. The van der Waals surface area contributed by atoms with Crippen LogP contribution in [0.5, 0.6) is 5.75 Å². The van der Waals surface area contributed by atoms with Gasteiger partial charge in [0.15, 0.2) is 0 Å². The van der Waals surface area contributed by atoms with Crippen LogP contribution in [-0.4, -0.2) is 5.11 Å². The Hall–Kier alpha value is -1.51. The molecule has 0 saturated carbocycles. The van der Waals surface area contributed by atoms with Crippen LogP contribution >= 0.6 is 11.6 Å². The summed E-state index contributed by atoms with van der Waals surface area (Å²) in [7, 11) is 0. The highest BCUT2D eigenvalue weighted by Crippen LogP contribution is 2.33. The molecule has 3 rings (SSSR count). The summed E-state index contributed by atoms with van der Waals surface area (Å²) >= 11 is 6.16. The van der Waals surface area contributed by atoms with E-state index in [0.29, 0.717) is 11.8 Å². The Kier molecular flexibility index (Phi) is 3.45. The molecule has 0 fully saturated rings. The number of phenols is 1. The van der Waals surface area contributed by atoms with Crippen LogP contribution in [0.3, 0.4) is 0 Å². The summed E-state index contributed by atoms with van der Waals surface area (Å²) in [5.41, 5.74) is 3.66. The van der Waals surface area contributed by atoms with E-state index in [1.54, 1.807) is 6.07 Å². The Labute approximate surface area is 118 Å². The maximum Gasteiger partial charge on any atom is 0.115 e. The molecule has 0 heterocycles. The van der Waals surface area contributed by atoms with E-state index in [9.17, 15) is 5.11 Å². The molecular formula is C16H16ClNO. The average molecular weight is 274 g/mol. The number of benzene rings is 2. The van der Waals surface area contributed by atoms with E-state index in [2.05, 4.69) is 5.32 Å². The van der Waals surface area contributed by atoms with Crippen LogP contribution in [-0.2, 0) is 13.0 Å². The van der Waals surface area contributed by atoms with Gasteiger partial charge in [-0.05, 0) is 47.7 Å². The number of phenolic OH excluding ortho intramolecular Hbond substituents is 1. The molecule has 1 aliphatic carbocycles. The van der Waals surface area contributed by atoms with E-state index >= 15 is 0 Å². The molecule has 1 unspecified atom stereocenters. The highest BCUT2D eigenvalue weighted by molar-refractivity contribution is 6.31. The maximum atomic E-state index is 9.49. The fraction of sp³-hybridized carbons (Fsp3) is 0.250. The van der Waals surface area contributed by atoms with Crippen molar-refractivity contribution in [1.82, 2.24) is 5.32 Å². The zero-order valence-electron chi connectivity index (χ0n) is 10.6. The van der Waals surface area contributed by atoms with Crippen molar-refractivity contribution in [3.8, 4) is 5.75 Å². The zero-order chi connectivity index (χ0) is 13.2. The van der Waals surface area contributed by atoms with Crippen molar-refractivity contribution in [3.05, 3.63) is 64.2 Å². The van der Waals surface area contributed by atoms with Gasteiger partial charge in [-0.3, -0.25) is 0 Å². The number of hydrogen-bond acceptors (Lipinski definition) is 2. The number of nitrogens with one attached hydrogen (secondary N) is 1. The van der Waals surface area contributed by atoms with Crippen molar-refractivity contribution >= 4 is 11.6 Å². The van der Waals surface area contributed by atoms with E-state index in [4.69, 9.17) is 11.6 Å². The lowest BCUT2D eigenvalue weighted by Gasteiger charge is -2.14. The van der Waals surface area contributed by atoms with Crippen LogP contribution in [0.4, 0.5) is 0 Å². The minimum absolute atomic E-state index is 0.352. The van der Waals surface area contributed by atoms with Gasteiger partial charge in [0.1, 0.15) is 5.75 Å². The first-order chi connectivity index (χ1) is 9.24. The Bertz CT molecular complexity index is 597. The molecule has 2 nitrogen and oxygen atoms in total. The number of aryl methyl sites for hydroxylation is 1. The highest BCUT2D eigenvalue weighted by Gasteiger charge is 2.22. The SMILES string of the molecule is Oc1ccc2c(c1)CCC2NCc1ccccc1Cl. The Morgan fingerprint density at radius 1 is 1.21 bits per heavy atom. The lowest BCUT2D eigenvalue weighted by molar-refractivity contribution is 0.474. The standard InChI is InChI=1S/C16H16ClNO/c17-15-4-2-1-3-12(15)10-18-16-8-5-11-9-13(19)6-7-14(11)16/h1-4,6-7,9,16,18-19H,5,8,10H2. The smallest absolute Gasteiger partial charge is 0.115 e. The van der Waals surface area contributed by atoms with Gasteiger partial charge in [0.2, 0.25) is 0 Å². The monoisotopic (exact) mass is 273 g/mol. The number of fused-ring (bicyclic) bond motifs is 1. The molecule has 0 amide bonds. The molecule has 0 saturated heterocycles. The Morgan fingerprint density at radius 3 is 2.89 bits per heavy atom. The van der Waals surface area contributed by atoms with Gasteiger partial charge in [-0.1, -0.05) is 35.9 Å². The van der Waals surface area contributed by atoms with Gasteiger partial charge in [0, 0.05) is 17.6 Å². The molecule has 2 aromatic carbocycles. The lowest BCUT2D eigenvalue weighted by atomic mass is 10.1. The zero-order valence-corrected chi connectivity index (χ0v) is 11.3. The van der Waals surface area contributed by atoms with Gasteiger partial charge < -0.3 is 10.4 Å². The first kappa shape index (κ1) is 12.5. The topological polar surface area (TPSA) is 32.3 Å².